The number of nitrogens with zero attached hydrogens (tertiary/aromatic N) is 1. The number of Topliss-reactive ketones (excluding diaryl/α,β-unsaturated/α-hetero) is 1. The van der Waals surface area contributed by atoms with Gasteiger partial charge in [0.1, 0.15) is 16.9 Å². The molecule has 0 N–H and O–H groups in total. The van der Waals surface area contributed by atoms with Crippen LogP contribution >= 0.6 is 0 Å². The summed E-state index contributed by atoms with van der Waals surface area (Å²) in [5.74, 6) is 0.756. The van der Waals surface area contributed by atoms with E-state index < -0.39 is 17.3 Å². The summed E-state index contributed by atoms with van der Waals surface area (Å²) >= 11 is 0. The molecule has 176 valence electrons. The molecule has 6 heteroatoms. The second kappa shape index (κ2) is 8.01. The van der Waals surface area contributed by atoms with Gasteiger partial charge in [-0.05, 0) is 86.9 Å². The minimum atomic E-state index is -1.26. The van der Waals surface area contributed by atoms with Crippen molar-refractivity contribution in [1.82, 2.24) is 4.90 Å². The standard InChI is InChI=1S/C27H33NO5/c1-6-32-26(30)27(25(29)16(3)21-8-7-11-33-21)14-19-15(2)24-17-9-10-22(31-5)18(24)13-23(27)28(4)20(19)12-17/h7-11,15-16,19-20,23H,6,12-14H2,1-5H3. The third-order valence-corrected chi connectivity index (χ3v) is 8.63. The Hall–Kier alpha value is -2.60. The van der Waals surface area contributed by atoms with E-state index in [0.717, 1.165) is 17.7 Å². The van der Waals surface area contributed by atoms with Crippen molar-refractivity contribution in [1.29, 1.82) is 0 Å². The molecule has 4 heterocycles. The summed E-state index contributed by atoms with van der Waals surface area (Å²) in [6.07, 6.45) is 3.58. The molecular formula is C27H33NO5. The fourth-order valence-corrected chi connectivity index (χ4v) is 7.02. The van der Waals surface area contributed by atoms with E-state index in [4.69, 9.17) is 13.9 Å². The van der Waals surface area contributed by atoms with Crippen molar-refractivity contribution in [3.63, 3.8) is 0 Å². The lowest BCUT2D eigenvalue weighted by Gasteiger charge is -2.59. The highest BCUT2D eigenvalue weighted by atomic mass is 16.5. The van der Waals surface area contributed by atoms with E-state index in [9.17, 15) is 9.59 Å². The van der Waals surface area contributed by atoms with Crippen molar-refractivity contribution in [3.8, 4) is 5.75 Å². The number of fused-ring (bicyclic) bond motifs is 1. The summed E-state index contributed by atoms with van der Waals surface area (Å²) in [6, 6.07) is 7.81. The summed E-state index contributed by atoms with van der Waals surface area (Å²) in [4.78, 5) is 30.4. The number of hydrogen-bond acceptors (Lipinski definition) is 6. The van der Waals surface area contributed by atoms with Crippen LogP contribution in [0.25, 0.3) is 0 Å². The monoisotopic (exact) mass is 451 g/mol. The van der Waals surface area contributed by atoms with Crippen molar-refractivity contribution in [2.45, 2.75) is 64.0 Å². The van der Waals surface area contributed by atoms with Gasteiger partial charge in [0.25, 0.3) is 0 Å². The predicted octanol–water partition coefficient (Wildman–Crippen LogP) is 4.12. The van der Waals surface area contributed by atoms with Crippen molar-refractivity contribution >= 4 is 11.8 Å². The van der Waals surface area contributed by atoms with Gasteiger partial charge in [-0.3, -0.25) is 14.5 Å². The lowest BCUT2D eigenvalue weighted by molar-refractivity contribution is -0.176. The third-order valence-electron chi connectivity index (χ3n) is 8.63. The number of carbonyl (C=O) groups excluding carboxylic acids is 2. The van der Waals surface area contributed by atoms with E-state index in [-0.39, 0.29) is 36.3 Å². The number of carbonyl (C=O) groups is 2. The first-order chi connectivity index (χ1) is 15.8. The van der Waals surface area contributed by atoms with Crippen molar-refractivity contribution in [3.05, 3.63) is 53.0 Å². The molecule has 6 bridgehead atoms. The number of likely N-dealkylation sites (N-methyl/N-ethyl adjacent to an activating group) is 1. The molecule has 2 aromatic rings. The Kier molecular flexibility index (Phi) is 5.39. The molecule has 33 heavy (non-hydrogen) atoms. The maximum atomic E-state index is 14.3. The Morgan fingerprint density at radius 3 is 2.73 bits per heavy atom. The van der Waals surface area contributed by atoms with E-state index in [0.29, 0.717) is 18.6 Å². The lowest BCUT2D eigenvalue weighted by atomic mass is 9.54. The Balaban J connectivity index is 1.71. The van der Waals surface area contributed by atoms with Crippen LogP contribution in [-0.2, 0) is 27.2 Å². The molecule has 3 aliphatic heterocycles. The number of benzene rings is 1. The molecule has 0 saturated carbocycles. The smallest absolute Gasteiger partial charge is 0.321 e. The number of piperidine rings is 1. The van der Waals surface area contributed by atoms with Gasteiger partial charge in [-0.1, -0.05) is 13.0 Å². The van der Waals surface area contributed by atoms with Gasteiger partial charge in [0.05, 0.1) is 25.9 Å². The molecule has 7 rings (SSSR count). The van der Waals surface area contributed by atoms with E-state index >= 15 is 0 Å². The van der Waals surface area contributed by atoms with E-state index in [1.165, 1.54) is 11.1 Å². The zero-order valence-electron chi connectivity index (χ0n) is 20.1. The van der Waals surface area contributed by atoms with Gasteiger partial charge < -0.3 is 13.9 Å². The molecule has 1 fully saturated rings. The van der Waals surface area contributed by atoms with Gasteiger partial charge in [0.2, 0.25) is 0 Å². The summed E-state index contributed by atoms with van der Waals surface area (Å²) in [6.45, 7) is 6.13. The number of ether oxygens (including phenoxy) is 2. The number of ketones is 1. The van der Waals surface area contributed by atoms with Crippen LogP contribution in [-0.4, -0.2) is 49.5 Å². The quantitative estimate of drug-likeness (QED) is 0.486. The number of rotatable bonds is 6. The molecule has 2 aliphatic carbocycles. The van der Waals surface area contributed by atoms with E-state index in [1.54, 1.807) is 26.4 Å². The average Bonchev–Trinajstić information content (AvgIpc) is 3.34. The van der Waals surface area contributed by atoms with Crippen LogP contribution in [0.4, 0.5) is 0 Å². The molecule has 6 nitrogen and oxygen atoms in total. The van der Waals surface area contributed by atoms with Crippen LogP contribution in [0.1, 0.15) is 61.5 Å². The summed E-state index contributed by atoms with van der Waals surface area (Å²) in [7, 11) is 3.77. The van der Waals surface area contributed by atoms with Crippen LogP contribution < -0.4 is 4.74 Å². The molecule has 1 aromatic heterocycles. The second-order valence-corrected chi connectivity index (χ2v) is 9.93. The van der Waals surface area contributed by atoms with Crippen LogP contribution in [0.15, 0.2) is 34.9 Å². The maximum absolute atomic E-state index is 14.3. The minimum absolute atomic E-state index is 0.109. The Morgan fingerprint density at radius 2 is 2.06 bits per heavy atom. The summed E-state index contributed by atoms with van der Waals surface area (Å²) in [5.41, 5.74) is 2.60. The first kappa shape index (κ1) is 22.2. The van der Waals surface area contributed by atoms with Crippen molar-refractivity contribution < 1.29 is 23.5 Å². The number of methoxy groups -OCH3 is 1. The maximum Gasteiger partial charge on any atom is 0.321 e. The SMILES string of the molecule is CCOC(=O)C1(C(=O)C(C)c2ccco2)CC2C(C)c3c4ccc(OC)c3CC1N(C)C2C4. The summed E-state index contributed by atoms with van der Waals surface area (Å²) < 4.78 is 17.0. The Labute approximate surface area is 195 Å². The molecule has 0 spiro atoms. The Bertz CT molecular complexity index is 1080. The first-order valence-corrected chi connectivity index (χ1v) is 12.0. The molecule has 6 unspecified atom stereocenters. The van der Waals surface area contributed by atoms with Gasteiger partial charge in [0, 0.05) is 12.1 Å². The summed E-state index contributed by atoms with van der Waals surface area (Å²) in [5, 5.41) is 0. The normalized spacial score (nSPS) is 31.1. The van der Waals surface area contributed by atoms with Gasteiger partial charge in [-0.25, -0.2) is 0 Å². The fourth-order valence-electron chi connectivity index (χ4n) is 7.02. The van der Waals surface area contributed by atoms with Gasteiger partial charge in [0.15, 0.2) is 5.78 Å². The van der Waals surface area contributed by atoms with E-state index in [1.807, 2.05) is 19.1 Å². The van der Waals surface area contributed by atoms with E-state index in [2.05, 4.69) is 24.9 Å². The number of furan rings is 1. The van der Waals surface area contributed by atoms with Crippen LogP contribution in [0.5, 0.6) is 5.75 Å². The third kappa shape index (κ3) is 3.03. The van der Waals surface area contributed by atoms with Crippen LogP contribution in [0.2, 0.25) is 0 Å². The molecule has 0 radical (unpaired) electrons. The second-order valence-electron chi connectivity index (χ2n) is 9.93. The highest BCUT2D eigenvalue weighted by Gasteiger charge is 2.64. The van der Waals surface area contributed by atoms with Crippen molar-refractivity contribution in [2.75, 3.05) is 20.8 Å². The molecule has 6 atom stereocenters. The number of esters is 1. The van der Waals surface area contributed by atoms with Gasteiger partial charge in [-0.15, -0.1) is 0 Å². The molecule has 1 saturated heterocycles. The topological polar surface area (TPSA) is 69.0 Å². The number of hydrogen-bond donors (Lipinski definition) is 0. The van der Waals surface area contributed by atoms with Crippen LogP contribution in [0, 0.1) is 11.3 Å². The van der Waals surface area contributed by atoms with Gasteiger partial charge >= 0.3 is 5.97 Å². The molecule has 1 aromatic carbocycles. The lowest BCUT2D eigenvalue weighted by Crippen LogP contribution is -2.68. The van der Waals surface area contributed by atoms with Crippen molar-refractivity contribution in [2.24, 2.45) is 11.3 Å². The largest absolute Gasteiger partial charge is 0.496 e. The first-order valence-electron chi connectivity index (χ1n) is 12.0. The highest BCUT2D eigenvalue weighted by Crippen LogP contribution is 2.57. The minimum Gasteiger partial charge on any atom is -0.496 e. The molecular weight excluding hydrogens is 418 g/mol. The predicted molar refractivity (Wildman–Crippen MR) is 123 cm³/mol. The molecule has 5 aliphatic rings. The van der Waals surface area contributed by atoms with Gasteiger partial charge in [-0.2, -0.15) is 0 Å². The Morgan fingerprint density at radius 1 is 1.27 bits per heavy atom. The highest BCUT2D eigenvalue weighted by molar-refractivity contribution is 6.07. The van der Waals surface area contributed by atoms with Crippen LogP contribution in [0.3, 0.4) is 0 Å². The average molecular weight is 452 g/mol. The fraction of sp³-hybridized carbons (Fsp3) is 0.556. The zero-order chi connectivity index (χ0) is 23.5. The zero-order valence-corrected chi connectivity index (χ0v) is 20.1. The molecule has 0 amide bonds.